The summed E-state index contributed by atoms with van der Waals surface area (Å²) in [5.74, 6) is 0.943. The number of hydrogen-bond acceptors (Lipinski definition) is 4. The monoisotopic (exact) mass is 291 g/mol. The first-order valence-corrected chi connectivity index (χ1v) is 7.49. The lowest BCUT2D eigenvalue weighted by atomic mass is 10.2. The van der Waals surface area contributed by atoms with Crippen LogP contribution >= 0.6 is 0 Å². The number of carbonyl (C=O) groups excluding carboxylic acids is 1. The molecular formula is C16H25N3O2. The Morgan fingerprint density at radius 3 is 2.76 bits per heavy atom. The first-order chi connectivity index (χ1) is 10.1. The van der Waals surface area contributed by atoms with Crippen molar-refractivity contribution < 1.29 is 9.53 Å². The van der Waals surface area contributed by atoms with Crippen LogP contribution in [0.2, 0.25) is 0 Å². The largest absolute Gasteiger partial charge is 0.493 e. The van der Waals surface area contributed by atoms with Crippen LogP contribution in [-0.4, -0.2) is 55.5 Å². The number of anilines is 1. The Kier molecular flexibility index (Phi) is 5.44. The van der Waals surface area contributed by atoms with Gasteiger partial charge in [-0.2, -0.15) is 0 Å². The Bertz CT molecular complexity index is 459. The van der Waals surface area contributed by atoms with Crippen LogP contribution in [-0.2, 0) is 4.79 Å². The summed E-state index contributed by atoms with van der Waals surface area (Å²) in [5, 5.41) is 0. The third-order valence-electron chi connectivity index (χ3n) is 3.74. The smallest absolute Gasteiger partial charge is 0.226 e. The van der Waals surface area contributed by atoms with E-state index in [1.807, 2.05) is 31.1 Å². The van der Waals surface area contributed by atoms with Gasteiger partial charge in [-0.1, -0.05) is 0 Å². The van der Waals surface area contributed by atoms with E-state index in [0.717, 1.165) is 31.7 Å². The number of benzene rings is 1. The number of rotatable bonds is 6. The molecule has 1 aliphatic heterocycles. The molecule has 21 heavy (non-hydrogen) atoms. The van der Waals surface area contributed by atoms with Crippen molar-refractivity contribution in [3.63, 3.8) is 0 Å². The van der Waals surface area contributed by atoms with Crippen molar-refractivity contribution in [1.82, 2.24) is 9.80 Å². The summed E-state index contributed by atoms with van der Waals surface area (Å²) in [6.07, 6.45) is 2.63. The third kappa shape index (κ3) is 4.63. The van der Waals surface area contributed by atoms with Crippen molar-refractivity contribution in [2.45, 2.75) is 25.3 Å². The molecule has 2 N–H and O–H groups in total. The zero-order chi connectivity index (χ0) is 15.2. The lowest BCUT2D eigenvalue weighted by Crippen LogP contribution is -2.41. The van der Waals surface area contributed by atoms with Gasteiger partial charge in [-0.3, -0.25) is 4.79 Å². The first kappa shape index (κ1) is 15.6. The molecule has 0 aliphatic carbocycles. The minimum atomic E-state index is 0.190. The minimum absolute atomic E-state index is 0.190. The van der Waals surface area contributed by atoms with E-state index in [2.05, 4.69) is 4.90 Å². The van der Waals surface area contributed by atoms with E-state index in [1.165, 1.54) is 0 Å². The number of nitrogens with two attached hydrogens (primary N) is 1. The molecule has 116 valence electrons. The molecule has 2 rings (SSSR count). The molecule has 0 bridgehead atoms. The lowest BCUT2D eigenvalue weighted by Gasteiger charge is -2.27. The summed E-state index contributed by atoms with van der Waals surface area (Å²) in [6.45, 7) is 2.22. The highest BCUT2D eigenvalue weighted by molar-refractivity contribution is 5.77. The fraction of sp³-hybridized carbons (Fsp3) is 0.562. The minimum Gasteiger partial charge on any atom is -0.493 e. The molecular weight excluding hydrogens is 266 g/mol. The molecule has 0 radical (unpaired) electrons. The van der Waals surface area contributed by atoms with Crippen LogP contribution in [0.4, 0.5) is 5.69 Å². The number of ether oxygens (including phenoxy) is 1. The molecule has 1 saturated heterocycles. The van der Waals surface area contributed by atoms with Crippen molar-refractivity contribution in [3.8, 4) is 5.75 Å². The van der Waals surface area contributed by atoms with Gasteiger partial charge in [-0.05, 0) is 51.2 Å². The van der Waals surface area contributed by atoms with E-state index in [4.69, 9.17) is 10.5 Å². The van der Waals surface area contributed by atoms with Crippen molar-refractivity contribution in [3.05, 3.63) is 24.3 Å². The van der Waals surface area contributed by atoms with Gasteiger partial charge in [0.1, 0.15) is 5.75 Å². The Labute approximate surface area is 126 Å². The van der Waals surface area contributed by atoms with Crippen molar-refractivity contribution in [2.24, 2.45) is 0 Å². The first-order valence-electron chi connectivity index (χ1n) is 7.49. The number of likely N-dealkylation sites (tertiary alicyclic amines) is 1. The molecule has 1 unspecified atom stereocenters. The topological polar surface area (TPSA) is 58.8 Å². The van der Waals surface area contributed by atoms with Gasteiger partial charge in [0.25, 0.3) is 0 Å². The second-order valence-corrected chi connectivity index (χ2v) is 5.81. The van der Waals surface area contributed by atoms with E-state index in [-0.39, 0.29) is 5.91 Å². The highest BCUT2D eigenvalue weighted by Crippen LogP contribution is 2.19. The van der Waals surface area contributed by atoms with Gasteiger partial charge in [-0.15, -0.1) is 0 Å². The highest BCUT2D eigenvalue weighted by Gasteiger charge is 2.28. The van der Waals surface area contributed by atoms with Crippen molar-refractivity contribution in [1.29, 1.82) is 0 Å². The Hall–Kier alpha value is -1.75. The Balaban J connectivity index is 1.77. The van der Waals surface area contributed by atoms with Crippen LogP contribution in [0.1, 0.15) is 19.3 Å². The average molecular weight is 291 g/mol. The van der Waals surface area contributed by atoms with E-state index in [1.54, 1.807) is 12.1 Å². The zero-order valence-electron chi connectivity index (χ0n) is 12.9. The summed E-state index contributed by atoms with van der Waals surface area (Å²) >= 11 is 0. The van der Waals surface area contributed by atoms with Gasteiger partial charge in [0.2, 0.25) is 5.91 Å². The quantitative estimate of drug-likeness (QED) is 0.809. The maximum absolute atomic E-state index is 12.3. The summed E-state index contributed by atoms with van der Waals surface area (Å²) in [5.41, 5.74) is 6.33. The third-order valence-corrected chi connectivity index (χ3v) is 3.74. The average Bonchev–Trinajstić information content (AvgIpc) is 2.88. The van der Waals surface area contributed by atoms with Crippen molar-refractivity contribution >= 4 is 11.6 Å². The number of hydrogen-bond donors (Lipinski definition) is 1. The van der Waals surface area contributed by atoms with Crippen LogP contribution in [0.5, 0.6) is 5.75 Å². The van der Waals surface area contributed by atoms with Gasteiger partial charge in [0, 0.05) is 24.8 Å². The predicted octanol–water partition coefficient (Wildman–Crippen LogP) is 1.59. The number of likely N-dealkylation sites (N-methyl/N-ethyl adjacent to an activating group) is 1. The van der Waals surface area contributed by atoms with Gasteiger partial charge >= 0.3 is 0 Å². The number of nitrogen functional groups attached to an aromatic ring is 1. The van der Waals surface area contributed by atoms with Crippen LogP contribution in [0.15, 0.2) is 24.3 Å². The molecule has 1 aromatic rings. The fourth-order valence-corrected chi connectivity index (χ4v) is 2.74. The van der Waals surface area contributed by atoms with Crippen LogP contribution < -0.4 is 10.5 Å². The number of amides is 1. The highest BCUT2D eigenvalue weighted by atomic mass is 16.5. The molecule has 1 heterocycles. The predicted molar refractivity (Wildman–Crippen MR) is 84.3 cm³/mol. The molecule has 0 saturated carbocycles. The van der Waals surface area contributed by atoms with Gasteiger partial charge in [0.05, 0.1) is 13.0 Å². The molecule has 0 spiro atoms. The summed E-state index contributed by atoms with van der Waals surface area (Å²) in [6, 6.07) is 7.59. The summed E-state index contributed by atoms with van der Waals surface area (Å²) in [7, 11) is 4.09. The molecule has 5 nitrogen and oxygen atoms in total. The molecule has 1 aromatic carbocycles. The molecule has 5 heteroatoms. The van der Waals surface area contributed by atoms with Crippen LogP contribution in [0.3, 0.4) is 0 Å². The van der Waals surface area contributed by atoms with Crippen LogP contribution in [0.25, 0.3) is 0 Å². The maximum atomic E-state index is 12.3. The Morgan fingerprint density at radius 1 is 1.38 bits per heavy atom. The van der Waals surface area contributed by atoms with Crippen LogP contribution in [0, 0.1) is 0 Å². The van der Waals surface area contributed by atoms with E-state index in [9.17, 15) is 4.79 Å². The molecule has 1 aliphatic rings. The summed E-state index contributed by atoms with van der Waals surface area (Å²) < 4.78 is 5.59. The standard InChI is InChI=1S/C16H25N3O2/c1-18(2)12-14-4-3-10-19(14)16(20)9-11-21-15-7-5-13(17)6-8-15/h5-8,14H,3-4,9-12,17H2,1-2H3. The van der Waals surface area contributed by atoms with Gasteiger partial charge in [0.15, 0.2) is 0 Å². The number of carbonyl (C=O) groups is 1. The normalized spacial score (nSPS) is 18.2. The fourth-order valence-electron chi connectivity index (χ4n) is 2.74. The number of nitrogens with zero attached hydrogens (tertiary/aromatic N) is 2. The van der Waals surface area contributed by atoms with E-state index >= 15 is 0 Å². The van der Waals surface area contributed by atoms with Gasteiger partial charge in [-0.25, -0.2) is 0 Å². The summed E-state index contributed by atoms with van der Waals surface area (Å²) in [4.78, 5) is 16.4. The zero-order valence-corrected chi connectivity index (χ0v) is 12.9. The van der Waals surface area contributed by atoms with E-state index in [0.29, 0.717) is 24.8 Å². The second-order valence-electron chi connectivity index (χ2n) is 5.81. The maximum Gasteiger partial charge on any atom is 0.226 e. The molecule has 1 amide bonds. The SMILES string of the molecule is CN(C)CC1CCCN1C(=O)CCOc1ccc(N)cc1. The molecule has 1 fully saturated rings. The second kappa shape index (κ2) is 7.31. The molecule has 0 aromatic heterocycles. The Morgan fingerprint density at radius 2 is 2.10 bits per heavy atom. The van der Waals surface area contributed by atoms with Gasteiger partial charge < -0.3 is 20.3 Å². The molecule has 1 atom stereocenters. The van der Waals surface area contributed by atoms with E-state index < -0.39 is 0 Å². The lowest BCUT2D eigenvalue weighted by molar-refractivity contribution is -0.132. The van der Waals surface area contributed by atoms with Crippen molar-refractivity contribution in [2.75, 3.05) is 39.5 Å².